The Hall–Kier alpha value is -1.45. The van der Waals surface area contributed by atoms with Crippen molar-refractivity contribution in [3.63, 3.8) is 0 Å². The molecule has 0 unspecified atom stereocenters. The van der Waals surface area contributed by atoms with E-state index in [1.807, 2.05) is 18.2 Å². The minimum Gasteiger partial charge on any atom is -0.311 e. The molecule has 2 aromatic rings. The summed E-state index contributed by atoms with van der Waals surface area (Å²) >= 11 is 6.23. The highest BCUT2D eigenvalue weighted by Crippen LogP contribution is 2.20. The van der Waals surface area contributed by atoms with Crippen molar-refractivity contribution in [2.45, 2.75) is 19.4 Å². The van der Waals surface area contributed by atoms with E-state index >= 15 is 0 Å². The summed E-state index contributed by atoms with van der Waals surface area (Å²) in [6.07, 6.45) is 1.65. The van der Waals surface area contributed by atoms with Crippen LogP contribution in [0.1, 0.15) is 22.6 Å². The van der Waals surface area contributed by atoms with Gasteiger partial charge in [0, 0.05) is 18.5 Å². The Morgan fingerprint density at radius 3 is 2.83 bits per heavy atom. The minimum absolute atomic E-state index is 0.618. The van der Waals surface area contributed by atoms with Crippen molar-refractivity contribution < 1.29 is 0 Å². The van der Waals surface area contributed by atoms with E-state index in [1.54, 1.807) is 0 Å². The van der Waals surface area contributed by atoms with Gasteiger partial charge in [-0.05, 0) is 18.5 Å². The SMILES string of the molecule is Clc1nc(Cc2ccccc2)nc2c1CCNC2. The molecule has 1 aromatic carbocycles. The van der Waals surface area contributed by atoms with Gasteiger partial charge in [0.15, 0.2) is 0 Å². The number of aromatic nitrogens is 2. The number of fused-ring (bicyclic) bond motifs is 1. The van der Waals surface area contributed by atoms with Crippen LogP contribution >= 0.6 is 11.6 Å². The minimum atomic E-state index is 0.618. The predicted molar refractivity (Wildman–Crippen MR) is 71.7 cm³/mol. The Labute approximate surface area is 111 Å². The second kappa shape index (κ2) is 5.04. The zero-order valence-corrected chi connectivity index (χ0v) is 10.7. The van der Waals surface area contributed by atoms with E-state index in [9.17, 15) is 0 Å². The molecule has 0 saturated carbocycles. The molecule has 0 radical (unpaired) electrons. The maximum Gasteiger partial charge on any atom is 0.136 e. The van der Waals surface area contributed by atoms with Crippen LogP contribution in [0.5, 0.6) is 0 Å². The van der Waals surface area contributed by atoms with Gasteiger partial charge >= 0.3 is 0 Å². The van der Waals surface area contributed by atoms with Crippen LogP contribution in [0.15, 0.2) is 30.3 Å². The van der Waals surface area contributed by atoms with Gasteiger partial charge in [-0.15, -0.1) is 0 Å². The lowest BCUT2D eigenvalue weighted by molar-refractivity contribution is 0.618. The van der Waals surface area contributed by atoms with E-state index in [4.69, 9.17) is 11.6 Å². The summed E-state index contributed by atoms with van der Waals surface area (Å²) in [5, 5.41) is 3.93. The van der Waals surface area contributed by atoms with E-state index < -0.39 is 0 Å². The van der Waals surface area contributed by atoms with Crippen molar-refractivity contribution in [1.29, 1.82) is 0 Å². The fourth-order valence-corrected chi connectivity index (χ4v) is 2.52. The van der Waals surface area contributed by atoms with Gasteiger partial charge in [-0.25, -0.2) is 9.97 Å². The molecule has 0 aliphatic carbocycles. The molecule has 3 rings (SSSR count). The Morgan fingerprint density at radius 1 is 1.17 bits per heavy atom. The van der Waals surface area contributed by atoms with Gasteiger partial charge in [0.25, 0.3) is 0 Å². The first kappa shape index (κ1) is 11.6. The molecular formula is C14H14ClN3. The molecule has 0 amide bonds. The number of rotatable bonds is 2. The zero-order valence-electron chi connectivity index (χ0n) is 9.99. The van der Waals surface area contributed by atoms with Gasteiger partial charge in [-0.1, -0.05) is 41.9 Å². The van der Waals surface area contributed by atoms with Gasteiger partial charge in [0.1, 0.15) is 11.0 Å². The highest BCUT2D eigenvalue weighted by molar-refractivity contribution is 6.30. The lowest BCUT2D eigenvalue weighted by atomic mass is 10.1. The fraction of sp³-hybridized carbons (Fsp3) is 0.286. The average molecular weight is 260 g/mol. The molecule has 0 spiro atoms. The van der Waals surface area contributed by atoms with Crippen LogP contribution in [0.2, 0.25) is 5.15 Å². The molecule has 2 heterocycles. The van der Waals surface area contributed by atoms with Crippen LogP contribution in [0.3, 0.4) is 0 Å². The van der Waals surface area contributed by atoms with E-state index in [0.717, 1.165) is 43.0 Å². The van der Waals surface area contributed by atoms with Crippen LogP contribution in [0, 0.1) is 0 Å². The summed E-state index contributed by atoms with van der Waals surface area (Å²) in [5.41, 5.74) is 3.36. The van der Waals surface area contributed by atoms with E-state index in [0.29, 0.717) is 5.15 Å². The number of halogens is 1. The fourth-order valence-electron chi connectivity index (χ4n) is 2.22. The zero-order chi connectivity index (χ0) is 12.4. The topological polar surface area (TPSA) is 37.8 Å². The van der Waals surface area contributed by atoms with Crippen molar-refractivity contribution in [2.24, 2.45) is 0 Å². The predicted octanol–water partition coefficient (Wildman–Crippen LogP) is 2.37. The molecule has 18 heavy (non-hydrogen) atoms. The van der Waals surface area contributed by atoms with Crippen molar-refractivity contribution in [3.8, 4) is 0 Å². The second-order valence-electron chi connectivity index (χ2n) is 4.45. The van der Waals surface area contributed by atoms with Crippen LogP contribution in [-0.4, -0.2) is 16.5 Å². The first-order chi connectivity index (χ1) is 8.83. The maximum absolute atomic E-state index is 6.23. The van der Waals surface area contributed by atoms with Crippen LogP contribution < -0.4 is 5.32 Å². The Balaban J connectivity index is 1.91. The number of nitrogens with zero attached hydrogens (tertiary/aromatic N) is 2. The van der Waals surface area contributed by atoms with E-state index in [-0.39, 0.29) is 0 Å². The average Bonchev–Trinajstić information content (AvgIpc) is 2.40. The molecule has 0 atom stereocenters. The highest BCUT2D eigenvalue weighted by Gasteiger charge is 2.16. The van der Waals surface area contributed by atoms with Crippen LogP contribution in [0.4, 0.5) is 0 Å². The van der Waals surface area contributed by atoms with Gasteiger partial charge < -0.3 is 5.32 Å². The molecule has 1 aromatic heterocycles. The van der Waals surface area contributed by atoms with Gasteiger partial charge in [-0.2, -0.15) is 0 Å². The standard InChI is InChI=1S/C14H14ClN3/c15-14-11-6-7-16-9-12(11)17-13(18-14)8-10-4-2-1-3-5-10/h1-5,16H,6-9H2. The van der Waals surface area contributed by atoms with Crippen LogP contribution in [-0.2, 0) is 19.4 Å². The van der Waals surface area contributed by atoms with Crippen LogP contribution in [0.25, 0.3) is 0 Å². The lowest BCUT2D eigenvalue weighted by Gasteiger charge is -2.17. The Kier molecular flexibility index (Phi) is 3.26. The maximum atomic E-state index is 6.23. The molecule has 3 nitrogen and oxygen atoms in total. The molecular weight excluding hydrogens is 246 g/mol. The normalized spacial score (nSPS) is 14.3. The summed E-state index contributed by atoms with van der Waals surface area (Å²) in [4.78, 5) is 9.02. The largest absolute Gasteiger partial charge is 0.311 e. The molecule has 4 heteroatoms. The van der Waals surface area contributed by atoms with Crippen molar-refractivity contribution in [3.05, 3.63) is 58.1 Å². The van der Waals surface area contributed by atoms with Gasteiger partial charge in [-0.3, -0.25) is 0 Å². The molecule has 0 bridgehead atoms. The summed E-state index contributed by atoms with van der Waals surface area (Å²) in [6, 6.07) is 10.2. The second-order valence-corrected chi connectivity index (χ2v) is 4.80. The highest BCUT2D eigenvalue weighted by atomic mass is 35.5. The first-order valence-electron chi connectivity index (χ1n) is 6.12. The molecule has 1 aliphatic heterocycles. The third-order valence-corrected chi connectivity index (χ3v) is 3.45. The molecule has 0 saturated heterocycles. The quantitative estimate of drug-likeness (QED) is 0.842. The molecule has 0 fully saturated rings. The smallest absolute Gasteiger partial charge is 0.136 e. The van der Waals surface area contributed by atoms with Crippen molar-refractivity contribution >= 4 is 11.6 Å². The monoisotopic (exact) mass is 259 g/mol. The first-order valence-corrected chi connectivity index (χ1v) is 6.49. The van der Waals surface area contributed by atoms with Gasteiger partial charge in [0.2, 0.25) is 0 Å². The number of benzene rings is 1. The number of nitrogens with one attached hydrogen (secondary N) is 1. The van der Waals surface area contributed by atoms with Gasteiger partial charge in [0.05, 0.1) is 5.69 Å². The number of hydrogen-bond acceptors (Lipinski definition) is 3. The Bertz CT molecular complexity index is 554. The molecule has 1 N–H and O–H groups in total. The van der Waals surface area contributed by atoms with Crippen molar-refractivity contribution in [2.75, 3.05) is 6.54 Å². The van der Waals surface area contributed by atoms with E-state index in [1.165, 1.54) is 5.56 Å². The summed E-state index contributed by atoms with van der Waals surface area (Å²) in [6.45, 7) is 1.74. The van der Waals surface area contributed by atoms with Crippen molar-refractivity contribution in [1.82, 2.24) is 15.3 Å². The third kappa shape index (κ3) is 2.37. The summed E-state index contributed by atoms with van der Waals surface area (Å²) in [5.74, 6) is 0.800. The molecule has 92 valence electrons. The lowest BCUT2D eigenvalue weighted by Crippen LogP contribution is -2.26. The molecule has 1 aliphatic rings. The van der Waals surface area contributed by atoms with E-state index in [2.05, 4.69) is 27.4 Å². The summed E-state index contributed by atoms with van der Waals surface area (Å²) < 4.78 is 0. The summed E-state index contributed by atoms with van der Waals surface area (Å²) in [7, 11) is 0. The Morgan fingerprint density at radius 2 is 2.00 bits per heavy atom. The number of hydrogen-bond donors (Lipinski definition) is 1. The third-order valence-electron chi connectivity index (χ3n) is 3.14.